The van der Waals surface area contributed by atoms with E-state index in [4.69, 9.17) is 9.47 Å². The number of anilines is 1. The lowest BCUT2D eigenvalue weighted by Gasteiger charge is -2.25. The first-order valence-electron chi connectivity index (χ1n) is 17.7. The van der Waals surface area contributed by atoms with Gasteiger partial charge in [-0.1, -0.05) is 94.2 Å². The van der Waals surface area contributed by atoms with Crippen LogP contribution in [0.25, 0.3) is 11.1 Å². The van der Waals surface area contributed by atoms with Crippen molar-refractivity contribution in [3.05, 3.63) is 89.5 Å². The highest BCUT2D eigenvalue weighted by Gasteiger charge is 2.31. The van der Waals surface area contributed by atoms with Crippen molar-refractivity contribution in [1.82, 2.24) is 16.0 Å². The molecule has 1 aliphatic carbocycles. The lowest BCUT2D eigenvalue weighted by molar-refractivity contribution is -0.128. The van der Waals surface area contributed by atoms with Crippen LogP contribution in [0.15, 0.2) is 72.8 Å². The van der Waals surface area contributed by atoms with Gasteiger partial charge in [-0.05, 0) is 71.2 Å². The van der Waals surface area contributed by atoms with Crippen LogP contribution in [-0.4, -0.2) is 69.0 Å². The Kier molecular flexibility index (Phi) is 14.2. The third-order valence-electron chi connectivity index (χ3n) is 8.88. The van der Waals surface area contributed by atoms with Crippen molar-refractivity contribution >= 4 is 37.8 Å². The molecule has 3 aromatic rings. The van der Waals surface area contributed by atoms with E-state index >= 15 is 0 Å². The molecule has 5 N–H and O–H groups in total. The maximum atomic E-state index is 13.5. The number of fused-ring (bicyclic) bond motifs is 3. The standard InChI is InChI=1S/C39H52N4O7Si/c1-26(2)35(43-39(48)49-22-23-51(3,4)5)37(46)42-34(36(45)41-28-19-17-27(24-44)18-20-28)16-10-11-21-40-38(47)50-25-33-31-14-8-6-12-29(31)30-13-7-9-15-32(30)33/h6-9,12-15,17-20,26,33-35,44H,10-11,16,21-25H2,1-5H3,(H,40,47)(H,41,45)(H,42,46)(H,43,48)/t34-,35-/m0/s1. The summed E-state index contributed by atoms with van der Waals surface area (Å²) < 4.78 is 11.0. The van der Waals surface area contributed by atoms with Crippen LogP contribution < -0.4 is 21.3 Å². The number of alkyl carbamates (subject to hydrolysis) is 2. The highest BCUT2D eigenvalue weighted by Crippen LogP contribution is 2.44. The molecule has 12 heteroatoms. The summed E-state index contributed by atoms with van der Waals surface area (Å²) in [5.41, 5.74) is 5.79. The van der Waals surface area contributed by atoms with E-state index in [2.05, 4.69) is 65.2 Å². The molecule has 11 nitrogen and oxygen atoms in total. The van der Waals surface area contributed by atoms with Gasteiger partial charge in [0.15, 0.2) is 0 Å². The zero-order valence-electron chi connectivity index (χ0n) is 30.3. The number of carbonyl (C=O) groups excluding carboxylic acids is 4. The molecule has 2 atom stereocenters. The molecule has 274 valence electrons. The van der Waals surface area contributed by atoms with E-state index in [1.165, 1.54) is 0 Å². The molecule has 4 rings (SSSR count). The molecule has 0 spiro atoms. The fourth-order valence-electron chi connectivity index (χ4n) is 5.92. The van der Waals surface area contributed by atoms with E-state index in [1.807, 2.05) is 24.3 Å². The van der Waals surface area contributed by atoms with E-state index in [1.54, 1.807) is 38.1 Å². The number of hydrogen-bond acceptors (Lipinski definition) is 7. The smallest absolute Gasteiger partial charge is 0.407 e. The Morgan fingerprint density at radius 1 is 0.784 bits per heavy atom. The normalized spacial score (nSPS) is 13.4. The van der Waals surface area contributed by atoms with Crippen LogP contribution in [0.5, 0.6) is 0 Å². The van der Waals surface area contributed by atoms with E-state index in [9.17, 15) is 24.3 Å². The second-order valence-corrected chi connectivity index (χ2v) is 20.1. The Hall–Kier alpha value is -4.68. The Labute approximate surface area is 301 Å². The van der Waals surface area contributed by atoms with Gasteiger partial charge in [0, 0.05) is 26.2 Å². The van der Waals surface area contributed by atoms with Crippen LogP contribution in [0.3, 0.4) is 0 Å². The largest absolute Gasteiger partial charge is 0.450 e. The number of rotatable bonds is 17. The van der Waals surface area contributed by atoms with Crippen molar-refractivity contribution in [1.29, 1.82) is 0 Å². The second-order valence-electron chi connectivity index (χ2n) is 14.5. The van der Waals surface area contributed by atoms with Crippen molar-refractivity contribution in [3.8, 4) is 11.1 Å². The number of benzene rings is 3. The monoisotopic (exact) mass is 716 g/mol. The first-order valence-corrected chi connectivity index (χ1v) is 21.4. The average Bonchev–Trinajstić information content (AvgIpc) is 3.42. The Balaban J connectivity index is 1.30. The molecule has 0 saturated carbocycles. The molecule has 0 bridgehead atoms. The zero-order chi connectivity index (χ0) is 37.0. The summed E-state index contributed by atoms with van der Waals surface area (Å²) in [5, 5.41) is 20.5. The molecule has 0 radical (unpaired) electrons. The van der Waals surface area contributed by atoms with Gasteiger partial charge in [0.2, 0.25) is 11.8 Å². The second kappa shape index (κ2) is 18.5. The van der Waals surface area contributed by atoms with Crippen molar-refractivity contribution in [2.45, 2.75) is 83.4 Å². The predicted octanol–water partition coefficient (Wildman–Crippen LogP) is 6.40. The van der Waals surface area contributed by atoms with Crippen LogP contribution in [0.2, 0.25) is 25.7 Å². The van der Waals surface area contributed by atoms with Crippen LogP contribution in [0.1, 0.15) is 55.7 Å². The summed E-state index contributed by atoms with van der Waals surface area (Å²) in [6.45, 7) is 10.8. The van der Waals surface area contributed by atoms with Gasteiger partial charge in [0.05, 0.1) is 13.2 Å². The molecular formula is C39H52N4O7Si. The zero-order valence-corrected chi connectivity index (χ0v) is 31.3. The molecule has 3 aromatic carbocycles. The molecule has 0 heterocycles. The van der Waals surface area contributed by atoms with Gasteiger partial charge in [-0.25, -0.2) is 9.59 Å². The van der Waals surface area contributed by atoms with Gasteiger partial charge in [0.1, 0.15) is 18.7 Å². The number of aliphatic hydroxyl groups is 1. The summed E-state index contributed by atoms with van der Waals surface area (Å²) >= 11 is 0. The third kappa shape index (κ3) is 11.7. The van der Waals surface area contributed by atoms with E-state index in [0.717, 1.165) is 28.3 Å². The highest BCUT2D eigenvalue weighted by atomic mass is 28.3. The van der Waals surface area contributed by atoms with Gasteiger partial charge in [-0.2, -0.15) is 0 Å². The number of carbonyl (C=O) groups is 4. The van der Waals surface area contributed by atoms with Gasteiger partial charge in [-0.15, -0.1) is 0 Å². The number of amides is 4. The fraction of sp³-hybridized carbons (Fsp3) is 0.436. The van der Waals surface area contributed by atoms with Crippen molar-refractivity contribution in [2.24, 2.45) is 5.92 Å². The maximum absolute atomic E-state index is 13.5. The molecular weight excluding hydrogens is 665 g/mol. The minimum Gasteiger partial charge on any atom is -0.450 e. The van der Waals surface area contributed by atoms with Gasteiger partial charge < -0.3 is 35.8 Å². The minimum atomic E-state index is -1.41. The molecule has 51 heavy (non-hydrogen) atoms. The molecule has 0 aliphatic heterocycles. The molecule has 0 aromatic heterocycles. The number of hydrogen-bond donors (Lipinski definition) is 5. The van der Waals surface area contributed by atoms with E-state index < -0.39 is 44.2 Å². The number of ether oxygens (including phenoxy) is 2. The number of unbranched alkanes of at least 4 members (excludes halogenated alkanes) is 1. The number of nitrogens with one attached hydrogen (secondary N) is 4. The first-order chi connectivity index (χ1) is 24.4. The van der Waals surface area contributed by atoms with E-state index in [-0.39, 0.29) is 38.1 Å². The Morgan fingerprint density at radius 2 is 1.41 bits per heavy atom. The van der Waals surface area contributed by atoms with E-state index in [0.29, 0.717) is 30.6 Å². The first kappa shape index (κ1) is 39.1. The molecule has 0 fully saturated rings. The fourth-order valence-corrected chi connectivity index (χ4v) is 6.63. The lowest BCUT2D eigenvalue weighted by atomic mass is 9.98. The third-order valence-corrected chi connectivity index (χ3v) is 10.6. The molecule has 4 amide bonds. The van der Waals surface area contributed by atoms with Crippen LogP contribution in [0.4, 0.5) is 15.3 Å². The van der Waals surface area contributed by atoms with Gasteiger partial charge in [0.25, 0.3) is 0 Å². The lowest BCUT2D eigenvalue weighted by Crippen LogP contribution is -2.54. The Bertz CT molecular complexity index is 1600. The van der Waals surface area contributed by atoms with Crippen molar-refractivity contribution < 1.29 is 33.8 Å². The Morgan fingerprint density at radius 3 is 2.00 bits per heavy atom. The van der Waals surface area contributed by atoms with Crippen LogP contribution >= 0.6 is 0 Å². The maximum Gasteiger partial charge on any atom is 0.407 e. The van der Waals surface area contributed by atoms with Crippen molar-refractivity contribution in [3.63, 3.8) is 0 Å². The summed E-state index contributed by atoms with van der Waals surface area (Å²) in [4.78, 5) is 52.1. The van der Waals surface area contributed by atoms with Crippen molar-refractivity contribution in [2.75, 3.05) is 25.1 Å². The summed E-state index contributed by atoms with van der Waals surface area (Å²) in [7, 11) is -1.41. The minimum absolute atomic E-state index is 0.0398. The average molecular weight is 717 g/mol. The molecule has 1 aliphatic rings. The topological polar surface area (TPSA) is 155 Å². The predicted molar refractivity (Wildman–Crippen MR) is 201 cm³/mol. The van der Waals surface area contributed by atoms with Crippen LogP contribution in [-0.2, 0) is 25.7 Å². The summed E-state index contributed by atoms with van der Waals surface area (Å²) in [5.74, 6) is -1.24. The molecule has 0 unspecified atom stereocenters. The summed E-state index contributed by atoms with van der Waals surface area (Å²) in [6.07, 6.45) is 0.123. The number of aliphatic hydroxyl groups excluding tert-OH is 1. The van der Waals surface area contributed by atoms with Gasteiger partial charge >= 0.3 is 12.2 Å². The molecule has 0 saturated heterocycles. The quantitative estimate of drug-likeness (QED) is 0.0800. The summed E-state index contributed by atoms with van der Waals surface area (Å²) in [6, 6.07) is 22.0. The SMILES string of the molecule is CC(C)[C@H](NC(=O)OCC[Si](C)(C)C)C(=O)N[C@@H](CCCCNC(=O)OCC1c2ccccc2-c2ccccc21)C(=O)Nc1ccc(CO)cc1. The van der Waals surface area contributed by atoms with Gasteiger partial charge in [-0.3, -0.25) is 9.59 Å². The van der Waals surface area contributed by atoms with Crippen LogP contribution in [0, 0.1) is 5.92 Å². The highest BCUT2D eigenvalue weighted by molar-refractivity contribution is 6.76.